The Morgan fingerprint density at radius 2 is 1.76 bits per heavy atom. The van der Waals surface area contributed by atoms with Crippen LogP contribution >= 0.6 is 0 Å². The van der Waals surface area contributed by atoms with Gasteiger partial charge in [0.2, 0.25) is 0 Å². The Morgan fingerprint density at radius 1 is 1.00 bits per heavy atom. The van der Waals surface area contributed by atoms with Crippen LogP contribution in [0.5, 0.6) is 0 Å². The summed E-state index contributed by atoms with van der Waals surface area (Å²) in [5, 5.41) is 0. The van der Waals surface area contributed by atoms with Crippen molar-refractivity contribution < 1.29 is 8.42 Å². The Balaban J connectivity index is 1.93. The maximum Gasteiger partial charge on any atom is 0.272 e. The van der Waals surface area contributed by atoms with E-state index in [4.69, 9.17) is 0 Å². The van der Waals surface area contributed by atoms with Crippen LogP contribution in [0, 0.1) is 6.92 Å². The molecule has 0 bridgehead atoms. The molecule has 1 N–H and O–H groups in total. The maximum atomic E-state index is 12.3. The van der Waals surface area contributed by atoms with Gasteiger partial charge in [0.1, 0.15) is 5.52 Å². The summed E-state index contributed by atoms with van der Waals surface area (Å²) >= 11 is 0. The van der Waals surface area contributed by atoms with Gasteiger partial charge >= 0.3 is 0 Å². The molecule has 0 spiro atoms. The highest BCUT2D eigenvalue weighted by Crippen LogP contribution is 2.30. The highest BCUT2D eigenvalue weighted by Gasteiger charge is 2.16. The first-order chi connectivity index (χ1) is 13.8. The lowest BCUT2D eigenvalue weighted by molar-refractivity contribution is 0.601. The topological polar surface area (TPSA) is 71.4 Å². The third-order valence-electron chi connectivity index (χ3n) is 5.00. The number of sulfone groups is 1. The summed E-state index contributed by atoms with van der Waals surface area (Å²) in [6.07, 6.45) is 5.40. The Morgan fingerprint density at radius 3 is 2.48 bits per heavy atom. The van der Waals surface area contributed by atoms with E-state index in [9.17, 15) is 13.2 Å². The van der Waals surface area contributed by atoms with Crippen molar-refractivity contribution in [1.82, 2.24) is 9.38 Å². The molecule has 6 heteroatoms. The van der Waals surface area contributed by atoms with E-state index in [1.54, 1.807) is 6.20 Å². The lowest BCUT2D eigenvalue weighted by atomic mass is 9.96. The molecule has 0 saturated heterocycles. The zero-order valence-electron chi connectivity index (χ0n) is 16.3. The second kappa shape index (κ2) is 7.37. The first-order valence-corrected chi connectivity index (χ1v) is 11.4. The van der Waals surface area contributed by atoms with Gasteiger partial charge in [-0.15, -0.1) is 0 Å². The molecule has 148 valence electrons. The minimum Gasteiger partial charge on any atom is -0.326 e. The van der Waals surface area contributed by atoms with E-state index >= 15 is 0 Å². The molecule has 0 aliphatic carbocycles. The predicted octanol–water partition coefficient (Wildman–Crippen LogP) is 3.74. The van der Waals surface area contributed by atoms with Gasteiger partial charge in [0.05, 0.1) is 11.4 Å². The molecule has 4 aromatic rings. The summed E-state index contributed by atoms with van der Waals surface area (Å²) in [6, 6.07) is 17.9. The number of H-pyrrole nitrogens is 1. The summed E-state index contributed by atoms with van der Waals surface area (Å²) in [4.78, 5) is 15.0. The molecule has 2 aromatic heterocycles. The number of nitrogens with one attached hydrogen (secondary N) is 1. The number of fused-ring (bicyclic) bond motifs is 1. The Hall–Kier alpha value is -3.12. The third-order valence-corrected chi connectivity index (χ3v) is 5.85. The molecule has 0 amide bonds. The van der Waals surface area contributed by atoms with Gasteiger partial charge in [-0.05, 0) is 47.7 Å². The molecule has 4 rings (SSSR count). The fourth-order valence-corrected chi connectivity index (χ4v) is 4.57. The quantitative estimate of drug-likeness (QED) is 0.549. The fourth-order valence-electron chi connectivity index (χ4n) is 3.78. The Bertz CT molecular complexity index is 1350. The lowest BCUT2D eigenvalue weighted by Gasteiger charge is -2.13. The molecule has 0 aliphatic rings. The number of rotatable bonds is 5. The zero-order chi connectivity index (χ0) is 20.6. The molecule has 0 saturated carbocycles. The summed E-state index contributed by atoms with van der Waals surface area (Å²) in [7, 11) is -3.15. The van der Waals surface area contributed by atoms with E-state index in [-0.39, 0.29) is 11.3 Å². The number of nitrogens with zero attached hydrogens (tertiary/aromatic N) is 1. The van der Waals surface area contributed by atoms with Gasteiger partial charge in [0.25, 0.3) is 5.56 Å². The molecule has 0 radical (unpaired) electrons. The minimum atomic E-state index is -3.15. The molecule has 0 atom stereocenters. The van der Waals surface area contributed by atoms with Crippen molar-refractivity contribution in [1.29, 1.82) is 0 Å². The number of aromatic amines is 1. The van der Waals surface area contributed by atoms with Gasteiger partial charge in [0, 0.05) is 24.2 Å². The van der Waals surface area contributed by atoms with Gasteiger partial charge in [-0.1, -0.05) is 42.5 Å². The molecule has 0 unspecified atom stereocenters. The Labute approximate surface area is 169 Å². The van der Waals surface area contributed by atoms with E-state index < -0.39 is 9.84 Å². The highest BCUT2D eigenvalue weighted by molar-refractivity contribution is 7.89. The lowest BCUT2D eigenvalue weighted by Crippen LogP contribution is -2.09. The van der Waals surface area contributed by atoms with Crippen LogP contribution in [0.15, 0.2) is 71.8 Å². The van der Waals surface area contributed by atoms with Crippen LogP contribution in [0.3, 0.4) is 0 Å². The first-order valence-electron chi connectivity index (χ1n) is 9.35. The first kappa shape index (κ1) is 19.2. The minimum absolute atomic E-state index is 0.0194. The summed E-state index contributed by atoms with van der Waals surface area (Å²) in [6.45, 7) is 1.91. The average molecular weight is 407 g/mol. The summed E-state index contributed by atoms with van der Waals surface area (Å²) in [5.74, 6) is -0.0194. The van der Waals surface area contributed by atoms with E-state index in [2.05, 4.69) is 17.1 Å². The van der Waals surface area contributed by atoms with Gasteiger partial charge < -0.3 is 9.38 Å². The van der Waals surface area contributed by atoms with Gasteiger partial charge in [0.15, 0.2) is 9.84 Å². The van der Waals surface area contributed by atoms with E-state index in [1.165, 1.54) is 11.8 Å². The van der Waals surface area contributed by atoms with Crippen molar-refractivity contribution >= 4 is 15.4 Å². The van der Waals surface area contributed by atoms with Gasteiger partial charge in [-0.3, -0.25) is 4.79 Å². The van der Waals surface area contributed by atoms with Crippen LogP contribution in [0.25, 0.3) is 16.8 Å². The Kier molecular flexibility index (Phi) is 4.88. The molecular weight excluding hydrogens is 384 g/mol. The SMILES string of the molecule is Cc1cc(-c2cc(CS(C)(=O)=O)ccc2Cc2ccccc2)n2cc[nH]c(=O)c12. The standard InChI is InChI=1S/C23H22N2O3S/c1-16-12-21(25-11-10-24-23(26)22(16)25)20-14-18(15-29(2,27)28)8-9-19(20)13-17-6-4-3-5-7-17/h3-12,14H,13,15H2,1-2H3,(H,24,26). The largest absolute Gasteiger partial charge is 0.326 e. The van der Waals surface area contributed by atoms with Crippen LogP contribution < -0.4 is 5.56 Å². The van der Waals surface area contributed by atoms with Gasteiger partial charge in [-0.2, -0.15) is 0 Å². The molecule has 0 aliphatic heterocycles. The molecule has 5 nitrogen and oxygen atoms in total. The second-order valence-electron chi connectivity index (χ2n) is 7.44. The average Bonchev–Trinajstić information content (AvgIpc) is 3.00. The van der Waals surface area contributed by atoms with E-state index in [0.29, 0.717) is 11.9 Å². The van der Waals surface area contributed by atoms with Crippen LogP contribution in [-0.4, -0.2) is 24.1 Å². The molecular formula is C23H22N2O3S. The van der Waals surface area contributed by atoms with Crippen molar-refractivity contribution in [3.05, 3.63) is 99.6 Å². The fraction of sp³-hybridized carbons (Fsp3) is 0.174. The smallest absolute Gasteiger partial charge is 0.272 e. The van der Waals surface area contributed by atoms with E-state index in [0.717, 1.165) is 27.9 Å². The molecule has 2 aromatic carbocycles. The van der Waals surface area contributed by atoms with Gasteiger partial charge in [-0.25, -0.2) is 8.42 Å². The summed E-state index contributed by atoms with van der Waals surface area (Å²) in [5.41, 5.74) is 6.12. The van der Waals surface area contributed by atoms with Crippen LogP contribution in [0.1, 0.15) is 22.3 Å². The maximum absolute atomic E-state index is 12.3. The van der Waals surface area contributed by atoms with Crippen LogP contribution in [-0.2, 0) is 22.0 Å². The van der Waals surface area contributed by atoms with Crippen LogP contribution in [0.2, 0.25) is 0 Å². The summed E-state index contributed by atoms with van der Waals surface area (Å²) < 4.78 is 25.5. The number of benzene rings is 2. The third kappa shape index (κ3) is 4.03. The van der Waals surface area contributed by atoms with Crippen LogP contribution in [0.4, 0.5) is 0 Å². The number of hydrogen-bond acceptors (Lipinski definition) is 3. The van der Waals surface area contributed by atoms with Crippen molar-refractivity contribution in [2.75, 3.05) is 6.26 Å². The monoisotopic (exact) mass is 406 g/mol. The number of aromatic nitrogens is 2. The number of hydrogen-bond donors (Lipinski definition) is 1. The zero-order valence-corrected chi connectivity index (χ0v) is 17.2. The normalized spacial score (nSPS) is 11.8. The number of aryl methyl sites for hydroxylation is 1. The predicted molar refractivity (Wildman–Crippen MR) is 116 cm³/mol. The molecule has 2 heterocycles. The van der Waals surface area contributed by atoms with Crippen molar-refractivity contribution in [2.45, 2.75) is 19.1 Å². The highest BCUT2D eigenvalue weighted by atomic mass is 32.2. The van der Waals surface area contributed by atoms with E-state index in [1.807, 2.05) is 60.0 Å². The van der Waals surface area contributed by atoms with Crippen molar-refractivity contribution in [3.8, 4) is 11.3 Å². The second-order valence-corrected chi connectivity index (χ2v) is 9.58. The molecule has 0 fully saturated rings. The van der Waals surface area contributed by atoms with Crippen molar-refractivity contribution in [2.24, 2.45) is 0 Å². The molecule has 29 heavy (non-hydrogen) atoms. The van der Waals surface area contributed by atoms with Crippen molar-refractivity contribution in [3.63, 3.8) is 0 Å².